The van der Waals surface area contributed by atoms with Crippen molar-refractivity contribution in [2.24, 2.45) is 5.41 Å². The lowest BCUT2D eigenvalue weighted by atomic mass is 9.98. The molecule has 0 atom stereocenters. The average Bonchev–Trinajstić information content (AvgIpc) is 2.56. The van der Waals surface area contributed by atoms with Gasteiger partial charge in [-0.2, -0.15) is 0 Å². The highest BCUT2D eigenvalue weighted by Gasteiger charge is 2.42. The lowest BCUT2D eigenvalue weighted by molar-refractivity contribution is -0.115. The van der Waals surface area contributed by atoms with Crippen LogP contribution in [0.4, 0.5) is 0 Å². The molecular weight excluding hydrogens is 316 g/mol. The van der Waals surface area contributed by atoms with Crippen LogP contribution in [0.25, 0.3) is 0 Å². The van der Waals surface area contributed by atoms with Crippen LogP contribution < -0.4 is 0 Å². The van der Waals surface area contributed by atoms with Crippen molar-refractivity contribution in [3.05, 3.63) is 60.7 Å². The van der Waals surface area contributed by atoms with Gasteiger partial charge < -0.3 is 8.98 Å². The van der Waals surface area contributed by atoms with Crippen molar-refractivity contribution < 1.29 is 8.98 Å². The molecule has 0 N–H and O–H groups in total. The molecule has 0 aliphatic rings. The average molecular weight is 345 g/mol. The standard InChI is InChI=1S/C21H28O2S/c1-20(2,3)24(18-12-8-6-9-13-18,19-14-10-7-11-15-19)23-17-21(4,5)16-22/h6-16H,17H2,1-5H3. The summed E-state index contributed by atoms with van der Waals surface area (Å²) in [6, 6.07) is 20.8. The molecular formula is C21H28O2S. The minimum absolute atomic E-state index is 0.116. The normalized spacial score (nSPS) is 13.5. The monoisotopic (exact) mass is 344 g/mol. The van der Waals surface area contributed by atoms with E-state index in [1.165, 1.54) is 9.79 Å². The first kappa shape index (κ1) is 18.8. The Morgan fingerprint density at radius 1 is 0.833 bits per heavy atom. The van der Waals surface area contributed by atoms with Crippen LogP contribution in [0, 0.1) is 5.41 Å². The molecule has 0 aliphatic heterocycles. The van der Waals surface area contributed by atoms with Crippen molar-refractivity contribution in [1.82, 2.24) is 0 Å². The highest BCUT2D eigenvalue weighted by molar-refractivity contribution is 8.31. The van der Waals surface area contributed by atoms with Crippen LogP contribution >= 0.6 is 10.3 Å². The molecule has 2 nitrogen and oxygen atoms in total. The van der Waals surface area contributed by atoms with Gasteiger partial charge in [-0.1, -0.05) is 60.6 Å². The van der Waals surface area contributed by atoms with E-state index in [-0.39, 0.29) is 4.75 Å². The van der Waals surface area contributed by atoms with Crippen LogP contribution in [0.1, 0.15) is 34.6 Å². The van der Waals surface area contributed by atoms with Crippen molar-refractivity contribution in [1.29, 1.82) is 0 Å². The predicted octanol–water partition coefficient (Wildman–Crippen LogP) is 5.86. The van der Waals surface area contributed by atoms with Gasteiger partial charge >= 0.3 is 0 Å². The molecule has 24 heavy (non-hydrogen) atoms. The molecule has 0 heterocycles. The topological polar surface area (TPSA) is 26.3 Å². The quantitative estimate of drug-likeness (QED) is 0.613. The van der Waals surface area contributed by atoms with E-state index in [0.717, 1.165) is 6.29 Å². The van der Waals surface area contributed by atoms with Crippen LogP contribution in [0.3, 0.4) is 0 Å². The zero-order valence-electron chi connectivity index (χ0n) is 15.3. The third-order valence-corrected chi connectivity index (χ3v) is 8.01. The molecule has 0 saturated carbocycles. The zero-order valence-corrected chi connectivity index (χ0v) is 16.1. The molecule has 0 spiro atoms. The first-order chi connectivity index (χ1) is 11.2. The van der Waals surface area contributed by atoms with Crippen molar-refractivity contribution in [2.75, 3.05) is 6.61 Å². The Hall–Kier alpha value is -1.58. The summed E-state index contributed by atoms with van der Waals surface area (Å²) in [7, 11) is -1.77. The van der Waals surface area contributed by atoms with Gasteiger partial charge in [0.1, 0.15) is 6.29 Å². The summed E-state index contributed by atoms with van der Waals surface area (Å²) < 4.78 is 6.56. The van der Waals surface area contributed by atoms with Gasteiger partial charge in [-0.25, -0.2) is 0 Å². The first-order valence-electron chi connectivity index (χ1n) is 8.27. The summed E-state index contributed by atoms with van der Waals surface area (Å²) in [6.07, 6.45) is 0.982. The SMILES string of the molecule is CC(C)(C=O)COS(c1ccccc1)(c1ccccc1)C(C)(C)C. The summed E-state index contributed by atoms with van der Waals surface area (Å²) in [5.41, 5.74) is -0.507. The van der Waals surface area contributed by atoms with Crippen LogP contribution in [0.15, 0.2) is 70.5 Å². The van der Waals surface area contributed by atoms with E-state index in [9.17, 15) is 4.79 Å². The number of aldehydes is 1. The Bertz CT molecular complexity index is 618. The van der Waals surface area contributed by atoms with Crippen molar-refractivity contribution >= 4 is 16.6 Å². The van der Waals surface area contributed by atoms with Gasteiger partial charge in [0.2, 0.25) is 0 Å². The highest BCUT2D eigenvalue weighted by Crippen LogP contribution is 2.71. The van der Waals surface area contributed by atoms with E-state index >= 15 is 0 Å². The molecule has 0 bridgehead atoms. The summed E-state index contributed by atoms with van der Waals surface area (Å²) in [5.74, 6) is 0. The van der Waals surface area contributed by atoms with E-state index < -0.39 is 15.7 Å². The Kier molecular flexibility index (Phi) is 5.56. The number of hydrogen-bond acceptors (Lipinski definition) is 2. The molecule has 130 valence electrons. The number of benzene rings is 2. The molecule has 0 aromatic heterocycles. The summed E-state index contributed by atoms with van der Waals surface area (Å²) >= 11 is 0. The number of carbonyl (C=O) groups excluding carboxylic acids is 1. The van der Waals surface area contributed by atoms with E-state index in [0.29, 0.717) is 6.61 Å². The Labute approximate surface area is 147 Å². The van der Waals surface area contributed by atoms with Gasteiger partial charge in [-0.05, 0) is 45.0 Å². The molecule has 0 unspecified atom stereocenters. The fourth-order valence-electron chi connectivity index (χ4n) is 2.65. The lowest BCUT2D eigenvalue weighted by Gasteiger charge is -2.51. The predicted molar refractivity (Wildman–Crippen MR) is 103 cm³/mol. The smallest absolute Gasteiger partial charge is 0.127 e. The van der Waals surface area contributed by atoms with Crippen molar-refractivity contribution in [3.63, 3.8) is 0 Å². The number of hydrogen-bond donors (Lipinski definition) is 0. The fraction of sp³-hybridized carbons (Fsp3) is 0.381. The molecule has 2 aromatic rings. The summed E-state index contributed by atoms with van der Waals surface area (Å²) in [4.78, 5) is 13.8. The van der Waals surface area contributed by atoms with Gasteiger partial charge in [0, 0.05) is 20.0 Å². The van der Waals surface area contributed by atoms with Crippen LogP contribution in [-0.2, 0) is 8.98 Å². The largest absolute Gasteiger partial charge is 0.327 e. The first-order valence-corrected chi connectivity index (χ1v) is 9.83. The van der Waals surface area contributed by atoms with Crippen LogP contribution in [0.2, 0.25) is 0 Å². The maximum atomic E-state index is 11.4. The van der Waals surface area contributed by atoms with E-state index in [1.807, 2.05) is 26.0 Å². The minimum atomic E-state index is -1.77. The second-order valence-electron chi connectivity index (χ2n) is 7.66. The Balaban J connectivity index is 2.64. The van der Waals surface area contributed by atoms with Crippen LogP contribution in [0.5, 0.6) is 0 Å². The molecule has 0 aliphatic carbocycles. The van der Waals surface area contributed by atoms with Gasteiger partial charge in [-0.3, -0.25) is 0 Å². The number of rotatable bonds is 6. The van der Waals surface area contributed by atoms with Gasteiger partial charge in [-0.15, -0.1) is 0 Å². The third kappa shape index (κ3) is 3.73. The maximum Gasteiger partial charge on any atom is 0.127 e. The van der Waals surface area contributed by atoms with Gasteiger partial charge in [0.15, 0.2) is 0 Å². The van der Waals surface area contributed by atoms with E-state index in [2.05, 4.69) is 69.3 Å². The van der Waals surface area contributed by atoms with Crippen molar-refractivity contribution in [3.8, 4) is 0 Å². The second-order valence-corrected chi connectivity index (χ2v) is 11.2. The fourth-order valence-corrected chi connectivity index (χ4v) is 6.53. The molecule has 0 radical (unpaired) electrons. The van der Waals surface area contributed by atoms with Crippen LogP contribution in [-0.4, -0.2) is 17.6 Å². The van der Waals surface area contributed by atoms with E-state index in [1.54, 1.807) is 0 Å². The van der Waals surface area contributed by atoms with Crippen molar-refractivity contribution in [2.45, 2.75) is 49.2 Å². The molecule has 0 amide bonds. The lowest BCUT2D eigenvalue weighted by Crippen LogP contribution is -2.31. The highest BCUT2D eigenvalue weighted by atomic mass is 32.3. The molecule has 0 fully saturated rings. The molecule has 2 rings (SSSR count). The van der Waals surface area contributed by atoms with Gasteiger partial charge in [0.25, 0.3) is 0 Å². The number of carbonyl (C=O) groups is 1. The maximum absolute atomic E-state index is 11.4. The molecule has 0 saturated heterocycles. The zero-order chi connectivity index (χ0) is 17.8. The Morgan fingerprint density at radius 3 is 1.58 bits per heavy atom. The van der Waals surface area contributed by atoms with Gasteiger partial charge in [0.05, 0.1) is 6.61 Å². The van der Waals surface area contributed by atoms with E-state index in [4.69, 9.17) is 4.18 Å². The summed E-state index contributed by atoms with van der Waals surface area (Å²) in [5, 5.41) is 0. The minimum Gasteiger partial charge on any atom is -0.327 e. The summed E-state index contributed by atoms with van der Waals surface area (Å²) in [6.45, 7) is 10.9. The molecule has 2 aromatic carbocycles. The third-order valence-electron chi connectivity index (χ3n) is 3.94. The Morgan fingerprint density at radius 2 is 1.25 bits per heavy atom. The molecule has 3 heteroatoms. The second kappa shape index (κ2) is 7.12.